The number of ketones is 1. The second-order valence-electron chi connectivity index (χ2n) is 7.88. The number of ether oxygens (including phenoxy) is 1. The Morgan fingerprint density at radius 3 is 2.59 bits per heavy atom. The van der Waals surface area contributed by atoms with E-state index in [2.05, 4.69) is 0 Å². The first-order valence-electron chi connectivity index (χ1n) is 10.1. The van der Waals surface area contributed by atoms with Crippen LogP contribution < -0.4 is 4.74 Å². The van der Waals surface area contributed by atoms with E-state index < -0.39 is 23.5 Å². The Hall–Kier alpha value is -3.78. The van der Waals surface area contributed by atoms with E-state index >= 15 is 0 Å². The van der Waals surface area contributed by atoms with Gasteiger partial charge in [0.25, 0.3) is 5.91 Å². The van der Waals surface area contributed by atoms with Crippen molar-refractivity contribution in [1.82, 2.24) is 9.80 Å². The number of Topliss-reactive ketones (excluding diaryl/α,β-unsaturated/α-hetero) is 1. The molecule has 0 saturated carbocycles. The number of aromatic hydroxyl groups is 1. The van der Waals surface area contributed by atoms with Crippen molar-refractivity contribution in [3.8, 4) is 11.5 Å². The van der Waals surface area contributed by atoms with Gasteiger partial charge in [-0.05, 0) is 43.9 Å². The maximum absolute atomic E-state index is 13.5. The summed E-state index contributed by atoms with van der Waals surface area (Å²) in [6.45, 7) is 0.803. The summed E-state index contributed by atoms with van der Waals surface area (Å²) in [7, 11) is 5.15. The summed E-state index contributed by atoms with van der Waals surface area (Å²) in [6, 6.07) is 12.5. The Kier molecular flexibility index (Phi) is 5.63. The lowest BCUT2D eigenvalue weighted by atomic mass is 9.94. The Morgan fingerprint density at radius 1 is 1.16 bits per heavy atom. The number of benzene rings is 2. The first kappa shape index (κ1) is 21.5. The standard InChI is InChI=1S/C24H24N2O6/c1-25(2)10-11-26-21(15-8-9-16(27)18(13-15)31-3)20(23(29)24(26)30)22(28)19-12-14-6-4-5-7-17(14)32-19/h4-9,12-13,21,27,29H,10-11H2,1-3H3/t21-/m0/s1. The Balaban J connectivity index is 1.81. The monoisotopic (exact) mass is 436 g/mol. The minimum atomic E-state index is -0.863. The minimum absolute atomic E-state index is 0.0331. The van der Waals surface area contributed by atoms with Crippen molar-refractivity contribution in [2.45, 2.75) is 6.04 Å². The van der Waals surface area contributed by atoms with Crippen molar-refractivity contribution in [2.75, 3.05) is 34.3 Å². The molecule has 2 heterocycles. The Morgan fingerprint density at radius 2 is 1.91 bits per heavy atom. The maximum atomic E-state index is 13.5. The largest absolute Gasteiger partial charge is 0.504 e. The van der Waals surface area contributed by atoms with Gasteiger partial charge < -0.3 is 29.2 Å². The lowest BCUT2D eigenvalue weighted by Crippen LogP contribution is -2.36. The maximum Gasteiger partial charge on any atom is 0.290 e. The number of amides is 1. The highest BCUT2D eigenvalue weighted by Gasteiger charge is 2.44. The van der Waals surface area contributed by atoms with Gasteiger partial charge in [-0.3, -0.25) is 9.59 Å². The zero-order valence-corrected chi connectivity index (χ0v) is 18.0. The van der Waals surface area contributed by atoms with Crippen LogP contribution in [0.1, 0.15) is 22.2 Å². The van der Waals surface area contributed by atoms with Crippen molar-refractivity contribution in [2.24, 2.45) is 0 Å². The summed E-state index contributed by atoms with van der Waals surface area (Å²) < 4.78 is 10.9. The number of carbonyl (C=O) groups excluding carboxylic acids is 2. The summed E-state index contributed by atoms with van der Waals surface area (Å²) in [6.07, 6.45) is 0. The van der Waals surface area contributed by atoms with Gasteiger partial charge in [0.1, 0.15) is 5.58 Å². The van der Waals surface area contributed by atoms with Crippen LogP contribution in [-0.4, -0.2) is 66.0 Å². The number of para-hydroxylation sites is 1. The summed E-state index contributed by atoms with van der Waals surface area (Å²) >= 11 is 0. The molecule has 32 heavy (non-hydrogen) atoms. The van der Waals surface area contributed by atoms with Crippen LogP contribution in [0.5, 0.6) is 11.5 Å². The van der Waals surface area contributed by atoms with Gasteiger partial charge in [0.2, 0.25) is 5.78 Å². The SMILES string of the molecule is COc1cc([C@H]2C(C(=O)c3cc4ccccc4o3)=C(O)C(=O)N2CCN(C)C)ccc1O. The number of rotatable bonds is 7. The number of nitrogens with zero attached hydrogens (tertiary/aromatic N) is 2. The van der Waals surface area contributed by atoms with Gasteiger partial charge in [0, 0.05) is 18.5 Å². The molecule has 0 bridgehead atoms. The number of phenols is 1. The number of aliphatic hydroxyl groups excluding tert-OH is 1. The highest BCUT2D eigenvalue weighted by Crippen LogP contribution is 2.41. The van der Waals surface area contributed by atoms with E-state index in [1.54, 1.807) is 30.3 Å². The van der Waals surface area contributed by atoms with E-state index in [0.717, 1.165) is 5.39 Å². The fraction of sp³-hybridized carbons (Fsp3) is 0.250. The van der Waals surface area contributed by atoms with Crippen LogP contribution in [0.15, 0.2) is 64.3 Å². The lowest BCUT2D eigenvalue weighted by molar-refractivity contribution is -0.129. The van der Waals surface area contributed by atoms with Gasteiger partial charge in [0.15, 0.2) is 23.0 Å². The van der Waals surface area contributed by atoms with Crippen molar-refractivity contribution in [3.63, 3.8) is 0 Å². The molecule has 1 aliphatic rings. The molecule has 1 atom stereocenters. The van der Waals surface area contributed by atoms with E-state index in [4.69, 9.17) is 9.15 Å². The second kappa shape index (κ2) is 8.39. The molecule has 0 saturated heterocycles. The average molecular weight is 436 g/mol. The van der Waals surface area contributed by atoms with E-state index in [1.165, 1.54) is 18.1 Å². The molecular formula is C24H24N2O6. The molecule has 2 aromatic carbocycles. The minimum Gasteiger partial charge on any atom is -0.504 e. The van der Waals surface area contributed by atoms with Crippen LogP contribution in [0.3, 0.4) is 0 Å². The molecule has 8 nitrogen and oxygen atoms in total. The molecule has 3 aromatic rings. The Bertz CT molecular complexity index is 1190. The van der Waals surface area contributed by atoms with Crippen molar-refractivity contribution < 1.29 is 29.0 Å². The van der Waals surface area contributed by atoms with E-state index in [9.17, 15) is 19.8 Å². The van der Waals surface area contributed by atoms with Crippen LogP contribution in [0.2, 0.25) is 0 Å². The van der Waals surface area contributed by atoms with Crippen LogP contribution >= 0.6 is 0 Å². The number of fused-ring (bicyclic) bond motifs is 1. The van der Waals surface area contributed by atoms with Gasteiger partial charge in [-0.2, -0.15) is 0 Å². The quantitative estimate of drug-likeness (QED) is 0.548. The van der Waals surface area contributed by atoms with Gasteiger partial charge in [-0.1, -0.05) is 24.3 Å². The molecule has 4 rings (SSSR count). The number of likely N-dealkylation sites (N-methyl/N-ethyl adjacent to an activating group) is 1. The topological polar surface area (TPSA) is 103 Å². The highest BCUT2D eigenvalue weighted by atomic mass is 16.5. The zero-order valence-electron chi connectivity index (χ0n) is 18.0. The summed E-state index contributed by atoms with van der Waals surface area (Å²) in [5.74, 6) is -1.65. The smallest absolute Gasteiger partial charge is 0.290 e. The van der Waals surface area contributed by atoms with Crippen LogP contribution in [-0.2, 0) is 4.79 Å². The molecular weight excluding hydrogens is 412 g/mol. The fourth-order valence-corrected chi connectivity index (χ4v) is 3.86. The molecule has 0 aliphatic carbocycles. The molecule has 8 heteroatoms. The summed E-state index contributed by atoms with van der Waals surface area (Å²) in [5, 5.41) is 21.5. The molecule has 1 amide bonds. The summed E-state index contributed by atoms with van der Waals surface area (Å²) in [4.78, 5) is 29.8. The number of carbonyl (C=O) groups is 2. The number of methoxy groups -OCH3 is 1. The zero-order chi connectivity index (χ0) is 23.0. The van der Waals surface area contributed by atoms with Gasteiger partial charge in [0.05, 0.1) is 18.7 Å². The van der Waals surface area contributed by atoms with Gasteiger partial charge in [-0.25, -0.2) is 0 Å². The summed E-state index contributed by atoms with van der Waals surface area (Å²) in [5.41, 5.74) is 0.989. The normalized spacial score (nSPS) is 16.4. The number of hydrogen-bond acceptors (Lipinski definition) is 7. The second-order valence-corrected chi connectivity index (χ2v) is 7.88. The average Bonchev–Trinajstić information content (AvgIpc) is 3.32. The van der Waals surface area contributed by atoms with E-state index in [0.29, 0.717) is 17.7 Å². The number of aliphatic hydroxyl groups is 1. The van der Waals surface area contributed by atoms with Crippen LogP contribution in [0.25, 0.3) is 11.0 Å². The third kappa shape index (κ3) is 3.69. The number of phenolic OH excluding ortho intramolecular Hbond substituents is 1. The number of hydrogen-bond donors (Lipinski definition) is 2. The lowest BCUT2D eigenvalue weighted by Gasteiger charge is -2.28. The molecule has 0 fully saturated rings. The fourth-order valence-electron chi connectivity index (χ4n) is 3.86. The molecule has 0 spiro atoms. The van der Waals surface area contributed by atoms with E-state index in [-0.39, 0.29) is 29.4 Å². The third-order valence-corrected chi connectivity index (χ3v) is 5.51. The predicted molar refractivity (Wildman–Crippen MR) is 118 cm³/mol. The van der Waals surface area contributed by atoms with Gasteiger partial charge >= 0.3 is 0 Å². The molecule has 0 unspecified atom stereocenters. The highest BCUT2D eigenvalue weighted by molar-refractivity contribution is 6.16. The molecule has 166 valence electrons. The molecule has 0 radical (unpaired) electrons. The molecule has 1 aliphatic heterocycles. The third-order valence-electron chi connectivity index (χ3n) is 5.51. The van der Waals surface area contributed by atoms with Crippen molar-refractivity contribution in [1.29, 1.82) is 0 Å². The predicted octanol–water partition coefficient (Wildman–Crippen LogP) is 3.29. The first-order chi connectivity index (χ1) is 15.3. The number of furan rings is 1. The first-order valence-corrected chi connectivity index (χ1v) is 10.1. The van der Waals surface area contributed by atoms with Gasteiger partial charge in [-0.15, -0.1) is 0 Å². The molecule has 2 N–H and O–H groups in total. The van der Waals surface area contributed by atoms with Crippen molar-refractivity contribution in [3.05, 3.63) is 71.2 Å². The van der Waals surface area contributed by atoms with Crippen LogP contribution in [0.4, 0.5) is 0 Å². The Labute approximate surface area is 184 Å². The van der Waals surface area contributed by atoms with Crippen LogP contribution in [0, 0.1) is 0 Å². The molecule has 1 aromatic heterocycles. The van der Waals surface area contributed by atoms with Crippen molar-refractivity contribution >= 4 is 22.7 Å². The van der Waals surface area contributed by atoms with E-state index in [1.807, 2.05) is 31.1 Å².